The van der Waals surface area contributed by atoms with Crippen molar-refractivity contribution in [2.45, 2.75) is 30.5 Å². The molecule has 5 rings (SSSR count). The van der Waals surface area contributed by atoms with Crippen molar-refractivity contribution in [2.24, 2.45) is 0 Å². The second kappa shape index (κ2) is 9.73. The molecule has 6 nitrogen and oxygen atoms in total. The number of thioether (sulfide) groups is 1. The topological polar surface area (TPSA) is 73.2 Å². The number of aryl methyl sites for hydroxylation is 1. The third kappa shape index (κ3) is 4.31. The number of rotatable bonds is 6. The highest BCUT2D eigenvalue weighted by Gasteiger charge is 2.22. The van der Waals surface area contributed by atoms with E-state index in [4.69, 9.17) is 9.72 Å². The molecular formula is C27H25N3O3S. The van der Waals surface area contributed by atoms with Crippen molar-refractivity contribution in [1.29, 1.82) is 0 Å². The van der Waals surface area contributed by atoms with E-state index in [1.54, 1.807) is 19.2 Å². The first-order valence-electron chi connectivity index (χ1n) is 11.3. The van der Waals surface area contributed by atoms with Crippen LogP contribution in [0.25, 0.3) is 16.6 Å². The van der Waals surface area contributed by atoms with Crippen LogP contribution in [0.3, 0.4) is 0 Å². The van der Waals surface area contributed by atoms with Crippen LogP contribution in [0.4, 0.5) is 0 Å². The fourth-order valence-electron chi connectivity index (χ4n) is 4.51. The number of hydrogen-bond donors (Lipinski definition) is 1. The molecule has 0 saturated carbocycles. The number of carbonyl (C=O) groups excluding carboxylic acids is 1. The minimum atomic E-state index is -0.195. The second-order valence-electron chi connectivity index (χ2n) is 8.22. The number of nitrogens with zero attached hydrogens (tertiary/aromatic N) is 2. The van der Waals surface area contributed by atoms with Gasteiger partial charge in [-0.1, -0.05) is 60.3 Å². The highest BCUT2D eigenvalue weighted by Crippen LogP contribution is 2.30. The van der Waals surface area contributed by atoms with Crippen LogP contribution < -0.4 is 15.6 Å². The van der Waals surface area contributed by atoms with Gasteiger partial charge in [0.05, 0.1) is 35.5 Å². The smallest absolute Gasteiger partial charge is 0.266 e. The number of carbonyl (C=O) groups is 1. The number of fused-ring (bicyclic) bond motifs is 2. The summed E-state index contributed by atoms with van der Waals surface area (Å²) in [5.74, 6) is 0.631. The van der Waals surface area contributed by atoms with Crippen molar-refractivity contribution >= 4 is 28.6 Å². The first-order valence-corrected chi connectivity index (χ1v) is 12.3. The van der Waals surface area contributed by atoms with Gasteiger partial charge in [0, 0.05) is 0 Å². The second-order valence-corrected chi connectivity index (χ2v) is 9.17. The van der Waals surface area contributed by atoms with Crippen molar-refractivity contribution in [1.82, 2.24) is 14.9 Å². The maximum atomic E-state index is 13.5. The molecular weight excluding hydrogens is 446 g/mol. The van der Waals surface area contributed by atoms with Crippen molar-refractivity contribution < 1.29 is 9.53 Å². The Bertz CT molecular complexity index is 1420. The Hall–Kier alpha value is -3.58. The maximum Gasteiger partial charge on any atom is 0.266 e. The fourth-order valence-corrected chi connectivity index (χ4v) is 5.32. The van der Waals surface area contributed by atoms with E-state index in [9.17, 15) is 9.59 Å². The van der Waals surface area contributed by atoms with Crippen LogP contribution in [-0.2, 0) is 11.2 Å². The van der Waals surface area contributed by atoms with E-state index >= 15 is 0 Å². The summed E-state index contributed by atoms with van der Waals surface area (Å²) in [5, 5.41) is 4.15. The number of amides is 1. The molecule has 1 N–H and O–H groups in total. The molecule has 0 fully saturated rings. The van der Waals surface area contributed by atoms with Gasteiger partial charge in [-0.25, -0.2) is 4.98 Å². The largest absolute Gasteiger partial charge is 0.495 e. The SMILES string of the molecule is COc1ccccc1-n1c(SCC(=O)NC2CCCc3ccccc32)nc2ccccc2c1=O. The molecule has 0 radical (unpaired) electrons. The highest BCUT2D eigenvalue weighted by atomic mass is 32.2. The summed E-state index contributed by atoms with van der Waals surface area (Å²) in [6.07, 6.45) is 3.02. The molecule has 0 spiro atoms. The molecule has 1 aromatic heterocycles. The Morgan fingerprint density at radius 3 is 2.74 bits per heavy atom. The van der Waals surface area contributed by atoms with E-state index in [0.717, 1.165) is 19.3 Å². The minimum absolute atomic E-state index is 0.0130. The fraction of sp³-hybridized carbons (Fsp3) is 0.222. The van der Waals surface area contributed by atoms with Gasteiger partial charge in [0.15, 0.2) is 5.16 Å². The highest BCUT2D eigenvalue weighted by molar-refractivity contribution is 7.99. The van der Waals surface area contributed by atoms with Gasteiger partial charge in [-0.3, -0.25) is 14.2 Å². The number of ether oxygens (including phenoxy) is 1. The molecule has 1 aliphatic carbocycles. The lowest BCUT2D eigenvalue weighted by molar-refractivity contribution is -0.119. The van der Waals surface area contributed by atoms with Crippen molar-refractivity contribution in [3.05, 3.63) is 94.3 Å². The van der Waals surface area contributed by atoms with Crippen LogP contribution in [-0.4, -0.2) is 28.3 Å². The zero-order chi connectivity index (χ0) is 23.5. The lowest BCUT2D eigenvalue weighted by atomic mass is 9.88. The number of benzene rings is 3. The molecule has 0 bridgehead atoms. The number of methoxy groups -OCH3 is 1. The Labute approximate surface area is 202 Å². The summed E-state index contributed by atoms with van der Waals surface area (Å²) < 4.78 is 7.04. The molecule has 0 saturated heterocycles. The van der Waals surface area contributed by atoms with E-state index in [0.29, 0.717) is 27.5 Å². The summed E-state index contributed by atoms with van der Waals surface area (Å²) in [4.78, 5) is 31.1. The Balaban J connectivity index is 1.45. The monoisotopic (exact) mass is 471 g/mol. The van der Waals surface area contributed by atoms with Crippen molar-refractivity contribution in [3.8, 4) is 11.4 Å². The third-order valence-electron chi connectivity index (χ3n) is 6.11. The Kier molecular flexibility index (Phi) is 6.36. The minimum Gasteiger partial charge on any atom is -0.495 e. The lowest BCUT2D eigenvalue weighted by Gasteiger charge is -2.26. The van der Waals surface area contributed by atoms with Gasteiger partial charge in [-0.15, -0.1) is 0 Å². The first-order chi connectivity index (χ1) is 16.7. The van der Waals surface area contributed by atoms with Gasteiger partial charge < -0.3 is 10.1 Å². The van der Waals surface area contributed by atoms with Crippen LogP contribution in [0.5, 0.6) is 5.75 Å². The molecule has 172 valence electrons. The number of hydrogen-bond acceptors (Lipinski definition) is 5. The molecule has 34 heavy (non-hydrogen) atoms. The summed E-state index contributed by atoms with van der Waals surface area (Å²) in [6.45, 7) is 0. The van der Waals surface area contributed by atoms with Crippen LogP contribution >= 0.6 is 11.8 Å². The summed E-state index contributed by atoms with van der Waals surface area (Å²) in [5.41, 5.74) is 3.49. The standard InChI is InChI=1S/C27H25N3O3S/c1-33-24-16-7-6-15-23(24)30-26(32)20-12-4-5-13-22(20)29-27(30)34-17-25(31)28-21-14-8-10-18-9-2-3-11-19(18)21/h2-7,9,11-13,15-16,21H,8,10,14,17H2,1H3,(H,28,31). The zero-order valence-electron chi connectivity index (χ0n) is 18.9. The van der Waals surface area contributed by atoms with E-state index in [-0.39, 0.29) is 23.3 Å². The summed E-state index contributed by atoms with van der Waals surface area (Å²) in [6, 6.07) is 22.9. The van der Waals surface area contributed by atoms with Crippen molar-refractivity contribution in [2.75, 3.05) is 12.9 Å². The molecule has 1 amide bonds. The lowest BCUT2D eigenvalue weighted by Crippen LogP contribution is -2.32. The van der Waals surface area contributed by atoms with Gasteiger partial charge >= 0.3 is 0 Å². The average Bonchev–Trinajstić information content (AvgIpc) is 2.88. The number of para-hydroxylation sites is 3. The van der Waals surface area contributed by atoms with Crippen LogP contribution in [0.1, 0.15) is 30.0 Å². The van der Waals surface area contributed by atoms with E-state index in [1.807, 2.05) is 48.5 Å². The van der Waals surface area contributed by atoms with Gasteiger partial charge in [-0.2, -0.15) is 0 Å². The van der Waals surface area contributed by atoms with Crippen LogP contribution in [0, 0.1) is 0 Å². The average molecular weight is 472 g/mol. The molecule has 1 unspecified atom stereocenters. The Morgan fingerprint density at radius 2 is 1.85 bits per heavy atom. The van der Waals surface area contributed by atoms with E-state index in [1.165, 1.54) is 27.5 Å². The first kappa shape index (κ1) is 22.2. The summed E-state index contributed by atoms with van der Waals surface area (Å²) in [7, 11) is 1.57. The number of aromatic nitrogens is 2. The zero-order valence-corrected chi connectivity index (χ0v) is 19.7. The maximum absolute atomic E-state index is 13.5. The van der Waals surface area contributed by atoms with Gasteiger partial charge in [0.25, 0.3) is 5.56 Å². The van der Waals surface area contributed by atoms with E-state index in [2.05, 4.69) is 17.4 Å². The van der Waals surface area contributed by atoms with Gasteiger partial charge in [0.2, 0.25) is 5.91 Å². The molecule has 7 heteroatoms. The molecule has 1 heterocycles. The number of nitrogens with one attached hydrogen (secondary N) is 1. The normalized spacial score (nSPS) is 15.0. The van der Waals surface area contributed by atoms with Crippen LogP contribution in [0.15, 0.2) is 82.7 Å². The Morgan fingerprint density at radius 1 is 1.09 bits per heavy atom. The van der Waals surface area contributed by atoms with E-state index < -0.39 is 0 Å². The molecule has 1 atom stereocenters. The molecule has 0 aliphatic heterocycles. The molecule has 1 aliphatic rings. The van der Waals surface area contributed by atoms with Gasteiger partial charge in [-0.05, 0) is 54.7 Å². The predicted molar refractivity (Wildman–Crippen MR) is 135 cm³/mol. The predicted octanol–water partition coefficient (Wildman–Crippen LogP) is 4.68. The van der Waals surface area contributed by atoms with Crippen LogP contribution in [0.2, 0.25) is 0 Å². The third-order valence-corrected chi connectivity index (χ3v) is 7.05. The quantitative estimate of drug-likeness (QED) is 0.327. The summed E-state index contributed by atoms with van der Waals surface area (Å²) >= 11 is 1.25. The molecule has 3 aromatic carbocycles. The molecule has 4 aromatic rings. The van der Waals surface area contributed by atoms with Gasteiger partial charge in [0.1, 0.15) is 5.75 Å². The van der Waals surface area contributed by atoms with Crippen molar-refractivity contribution in [3.63, 3.8) is 0 Å².